The van der Waals surface area contributed by atoms with Crippen LogP contribution in [0.1, 0.15) is 235 Å². The highest BCUT2D eigenvalue weighted by molar-refractivity contribution is 7.90. The minimum atomic E-state index is -4.20. The molecule has 14 rings (SSSR count). The fourth-order valence-corrected chi connectivity index (χ4v) is 22.5. The zero-order valence-corrected chi connectivity index (χ0v) is 87.0. The third-order valence-corrected chi connectivity index (χ3v) is 30.4. The van der Waals surface area contributed by atoms with Crippen LogP contribution in [0.2, 0.25) is 0 Å². The second-order valence-electron chi connectivity index (χ2n) is 39.9. The number of aryl methyl sites for hydroxylation is 2. The second kappa shape index (κ2) is 44.3. The zero-order chi connectivity index (χ0) is 102. The number of piperidine rings is 1. The summed E-state index contributed by atoms with van der Waals surface area (Å²) in [6, 6.07) is 35.2. The number of ether oxygens (including phenoxy) is 1. The third kappa shape index (κ3) is 26.8. The molecule has 0 radical (unpaired) electrons. The monoisotopic (exact) mass is 1990 g/mol. The molecule has 1 aromatic carbocycles. The van der Waals surface area contributed by atoms with Crippen LogP contribution in [0.15, 0.2) is 160 Å². The Hall–Kier alpha value is -11.9. The maximum absolute atomic E-state index is 14.6. The Morgan fingerprint density at radius 3 is 1.42 bits per heavy atom. The van der Waals surface area contributed by atoms with Gasteiger partial charge in [0.05, 0.1) is 45.9 Å². The van der Waals surface area contributed by atoms with Gasteiger partial charge in [0.2, 0.25) is 0 Å². The number of nitrogens with two attached hydrogens (primary N) is 2. The van der Waals surface area contributed by atoms with Crippen molar-refractivity contribution >= 4 is 110 Å². The lowest BCUT2D eigenvalue weighted by Crippen LogP contribution is -2.52. The van der Waals surface area contributed by atoms with Gasteiger partial charge in [-0.3, -0.25) is 19.2 Å². The molecule has 13 heterocycles. The number of hydrogen-bond acceptors (Lipinski definition) is 29. The van der Waals surface area contributed by atoms with E-state index in [0.717, 1.165) is 92.1 Å². The molecule has 750 valence electrons. The van der Waals surface area contributed by atoms with E-state index in [4.69, 9.17) is 31.2 Å². The van der Waals surface area contributed by atoms with Gasteiger partial charge in [-0.1, -0.05) is 79.2 Å². The molecule has 34 nitrogen and oxygen atoms in total. The molecule has 9 N–H and O–H groups in total. The maximum Gasteiger partial charge on any atom is 0.304 e. The Labute approximate surface area is 819 Å². The molecule has 5 saturated heterocycles. The molecule has 0 aliphatic carbocycles. The highest BCUT2D eigenvalue weighted by Crippen LogP contribution is 2.43. The van der Waals surface area contributed by atoms with Crippen LogP contribution in [-0.4, -0.2) is 196 Å². The fraction of sp³-hybridized carbons (Fsp3) is 0.480. The number of carbonyl (C=O) groups excluding carboxylic acids is 4. The summed E-state index contributed by atoms with van der Waals surface area (Å²) < 4.78 is 133. The first-order chi connectivity index (χ1) is 65.1. The summed E-state index contributed by atoms with van der Waals surface area (Å²) in [5, 5.41) is 2.30. The van der Waals surface area contributed by atoms with E-state index in [1.165, 1.54) is 58.9 Å². The number of rotatable bonds is 27. The number of likely N-dealkylation sites (N-methyl/N-ethyl adjacent to an activating group) is 1. The summed E-state index contributed by atoms with van der Waals surface area (Å²) >= 11 is 0. The average Bonchev–Trinajstić information content (AvgIpc) is 1.67. The smallest absolute Gasteiger partial charge is 0.304 e. The van der Waals surface area contributed by atoms with E-state index in [0.29, 0.717) is 114 Å². The Bertz CT molecular complexity index is 6500. The number of anilines is 7. The lowest BCUT2D eigenvalue weighted by Gasteiger charge is -2.34. The van der Waals surface area contributed by atoms with Gasteiger partial charge in [-0.05, 0) is 286 Å². The van der Waals surface area contributed by atoms with Crippen molar-refractivity contribution in [2.75, 3.05) is 95.9 Å². The lowest BCUT2D eigenvalue weighted by atomic mass is 9.97. The SMILES string of the molecule is CC(C)=C(C)c1ccc(C(=O)NS(=O)(=O)c2cccc(N)n2)c(N2C[C@@H](C)CC2(C)C)n1.CCc1ccc(C(=O)NS(=O)(=O)c2cccc(N)n2)c(N2C[C@@H](C)CC2(C)C)n1.CNC1CCCN(S(=O)(=O)NC(=O)c2ccc(-c3cc(F)cc(OCC(C)C)c3)nc2N2CC(C)CC2(C)C)C1.Cc1cccc(S(=O)(=O)NC(=O)c2ccc(-c3ccc(N(C)CC(C)C)nc3)nc2N2[C@H](C)CC[C@@H]2C)n1. The van der Waals surface area contributed by atoms with Gasteiger partial charge >= 0.3 is 10.2 Å². The molecule has 39 heteroatoms. The summed E-state index contributed by atoms with van der Waals surface area (Å²) in [4.78, 5) is 99.1. The van der Waals surface area contributed by atoms with E-state index in [1.807, 2.05) is 60.7 Å². The maximum atomic E-state index is 14.6. The van der Waals surface area contributed by atoms with Crippen molar-refractivity contribution in [3.05, 3.63) is 190 Å². The molecule has 4 amide bonds. The van der Waals surface area contributed by atoms with E-state index < -0.39 is 69.7 Å². The summed E-state index contributed by atoms with van der Waals surface area (Å²) in [7, 11) is -12.8. The van der Waals surface area contributed by atoms with Crippen molar-refractivity contribution < 1.29 is 62.0 Å². The van der Waals surface area contributed by atoms with Crippen LogP contribution >= 0.6 is 0 Å². The van der Waals surface area contributed by atoms with E-state index in [-0.39, 0.29) is 89.6 Å². The van der Waals surface area contributed by atoms with E-state index in [9.17, 15) is 57.2 Å². The first-order valence-corrected chi connectivity index (χ1v) is 53.0. The van der Waals surface area contributed by atoms with Crippen molar-refractivity contribution in [2.45, 2.75) is 240 Å². The molecule has 0 bridgehead atoms. The minimum absolute atomic E-state index is 0.0319. The molecule has 5 aliphatic heterocycles. The van der Waals surface area contributed by atoms with Gasteiger partial charge in [0, 0.05) is 116 Å². The quantitative estimate of drug-likeness (QED) is 0.0251. The van der Waals surface area contributed by atoms with Gasteiger partial charge < -0.3 is 46.0 Å². The Morgan fingerprint density at radius 2 is 0.978 bits per heavy atom. The van der Waals surface area contributed by atoms with Crippen LogP contribution < -0.4 is 64.9 Å². The standard InChI is InChI=1S/C29H42FN5O4S.C28H36N6O3S.C23H31N5O3S.C20H27N5O3S/c1-19(2)18-39-24-13-21(12-22(30)14-24)26-10-9-25(27(32-26)35-16-20(3)15-29(35,4)5)28(36)33-40(37,38)34-11-7-8-23(17-34)31-6;1-18(2)17-33(6)25-15-12-22(16-29-25)24-14-13-23(27(31-24)34-20(4)10-11-21(34)5)28(35)32-38(36,37)26-9-7-8-19(3)30-26;1-14(2)16(4)18-11-10-17(21(25-18)28-13-15(3)12-23(28,5)6)22(29)27-32(30,31)20-9-7-8-19(24)26-20;1-5-14-9-10-15(18(22-14)25-12-13(2)11-20(25,3)4)19(26)24-29(27,28)17-8-6-7-16(21)23-17/h9-10,12-14,19-20,23,31H,7-8,11,15-18H2,1-6H3,(H,33,36);7-9,12-16,18,20-21H,10-11,17H2,1-6H3,(H,32,35);7-11,15H,12-13H2,1-6H3,(H2,24,26)(H,27,29);6-10,13H,5,11-12H2,1-4H3,(H2,21,23)(H,24,26)/t;20-,21+;15-;13-/m..00/s1. The van der Waals surface area contributed by atoms with Crippen LogP contribution in [0.4, 0.5) is 45.1 Å². The number of aromatic nitrogens is 8. The van der Waals surface area contributed by atoms with E-state index >= 15 is 0 Å². The molecule has 2 unspecified atom stereocenters. The number of pyridine rings is 8. The predicted molar refractivity (Wildman–Crippen MR) is 544 cm³/mol. The average molecular weight is 1990 g/mol. The van der Waals surface area contributed by atoms with Gasteiger partial charge in [0.1, 0.15) is 52.3 Å². The van der Waals surface area contributed by atoms with Gasteiger partial charge in [0.15, 0.2) is 15.1 Å². The van der Waals surface area contributed by atoms with Crippen LogP contribution in [0.25, 0.3) is 28.1 Å². The van der Waals surface area contributed by atoms with Crippen LogP contribution in [-0.2, 0) is 46.7 Å². The molecule has 0 spiro atoms. The predicted octanol–water partition coefficient (Wildman–Crippen LogP) is 14.6. The van der Waals surface area contributed by atoms with Crippen molar-refractivity contribution in [1.82, 2.24) is 68.4 Å². The highest BCUT2D eigenvalue weighted by Gasteiger charge is 2.44. The number of sulfonamides is 3. The first-order valence-electron chi connectivity index (χ1n) is 47.1. The number of benzene rings is 1. The van der Waals surface area contributed by atoms with Crippen molar-refractivity contribution in [1.29, 1.82) is 0 Å². The van der Waals surface area contributed by atoms with Crippen molar-refractivity contribution in [2.24, 2.45) is 29.6 Å². The van der Waals surface area contributed by atoms with Crippen LogP contribution in [0.5, 0.6) is 5.75 Å². The third-order valence-electron chi connectivity index (χ3n) is 25.3. The molecule has 5 fully saturated rings. The molecule has 6 atom stereocenters. The number of hydrogen-bond donors (Lipinski definition) is 7. The lowest BCUT2D eigenvalue weighted by molar-refractivity contribution is 0.0969. The summed E-state index contributed by atoms with van der Waals surface area (Å²) in [6.45, 7) is 45.3. The number of nitrogens with zero attached hydrogens (tertiary/aromatic N) is 14. The van der Waals surface area contributed by atoms with Gasteiger partial charge in [-0.15, -0.1) is 0 Å². The molecule has 5 aliphatic rings. The molecule has 8 aromatic heterocycles. The van der Waals surface area contributed by atoms with E-state index in [1.54, 1.807) is 86.9 Å². The van der Waals surface area contributed by atoms with Crippen molar-refractivity contribution in [3.8, 4) is 28.3 Å². The van der Waals surface area contributed by atoms with Gasteiger partial charge in [-0.2, -0.15) is 38.0 Å². The summed E-state index contributed by atoms with van der Waals surface area (Å²) in [5.74, 6) is 1.76. The second-order valence-corrected chi connectivity index (χ2v) is 46.5. The summed E-state index contributed by atoms with van der Waals surface area (Å²) in [5.41, 5.74) is 17.9. The Morgan fingerprint density at radius 1 is 0.525 bits per heavy atom. The van der Waals surface area contributed by atoms with Gasteiger partial charge in [-0.25, -0.2) is 63.2 Å². The van der Waals surface area contributed by atoms with E-state index in [2.05, 4.69) is 164 Å². The van der Waals surface area contributed by atoms with Crippen LogP contribution in [0.3, 0.4) is 0 Å². The number of nitrogens with one attached hydrogen (secondary N) is 5. The Balaban J connectivity index is 0.000000179. The molecule has 9 aromatic rings. The van der Waals surface area contributed by atoms with Gasteiger partial charge in [0.25, 0.3) is 53.7 Å². The topological polar surface area (TPSA) is 449 Å². The zero-order valence-electron chi connectivity index (χ0n) is 83.7. The van der Waals surface area contributed by atoms with Crippen molar-refractivity contribution in [3.63, 3.8) is 0 Å². The molecular weight excluding hydrogens is 1850 g/mol. The molecule has 139 heavy (non-hydrogen) atoms. The molecular formula is C100H136FN21O13S4. The number of halogens is 1. The largest absolute Gasteiger partial charge is 0.493 e. The number of allylic oxidation sites excluding steroid dienone is 2. The first kappa shape index (κ1) is 108. The van der Waals surface area contributed by atoms with Crippen LogP contribution in [0, 0.1) is 42.3 Å². The number of carbonyl (C=O) groups is 4. The Kier molecular flexibility index (Phi) is 34.2. The fourth-order valence-electron chi connectivity index (χ4n) is 18.4. The highest BCUT2D eigenvalue weighted by atomic mass is 32.2. The normalized spacial score (nSPS) is 19.0. The number of nitrogen functional groups attached to an aromatic ring is 2. The molecule has 0 saturated carbocycles. The number of amides is 4. The summed E-state index contributed by atoms with van der Waals surface area (Å²) in [6.07, 6.45) is 8.76. The minimum Gasteiger partial charge on any atom is -0.493 e.